The summed E-state index contributed by atoms with van der Waals surface area (Å²) in [5, 5.41) is 22.6. The number of benzene rings is 1. The second-order valence-corrected chi connectivity index (χ2v) is 4.51. The van der Waals surface area contributed by atoms with Gasteiger partial charge in [0.05, 0.1) is 11.5 Å². The van der Waals surface area contributed by atoms with Crippen molar-refractivity contribution in [1.82, 2.24) is 0 Å². The first-order valence-electron chi connectivity index (χ1n) is 5.38. The molecule has 0 fully saturated rings. The Bertz CT molecular complexity index is 385. The number of thioether (sulfide) groups is 1. The van der Waals surface area contributed by atoms with E-state index in [0.717, 1.165) is 17.8 Å². The molecule has 0 aliphatic carbocycles. The molecule has 0 aromatic heterocycles. The third kappa shape index (κ3) is 4.24. The van der Waals surface area contributed by atoms with Crippen molar-refractivity contribution in [2.75, 3.05) is 24.2 Å². The molecule has 94 valence electrons. The van der Waals surface area contributed by atoms with E-state index >= 15 is 0 Å². The number of aliphatic hydroxyl groups excluding tert-OH is 1. The number of nitrogens with one attached hydrogen (secondary N) is 1. The Balaban J connectivity index is 2.86. The lowest BCUT2D eigenvalue weighted by Gasteiger charge is -2.10. The molecule has 0 atom stereocenters. The van der Waals surface area contributed by atoms with Crippen LogP contribution in [-0.4, -0.2) is 28.9 Å². The average molecular weight is 256 g/mol. The van der Waals surface area contributed by atoms with E-state index in [4.69, 9.17) is 5.11 Å². The van der Waals surface area contributed by atoms with Crippen molar-refractivity contribution in [3.05, 3.63) is 33.9 Å². The Morgan fingerprint density at radius 2 is 2.29 bits per heavy atom. The van der Waals surface area contributed by atoms with Crippen molar-refractivity contribution < 1.29 is 10.0 Å². The maximum Gasteiger partial charge on any atom is 0.269 e. The summed E-state index contributed by atoms with van der Waals surface area (Å²) in [5.41, 5.74) is 1.93. The molecular weight excluding hydrogens is 240 g/mol. The molecule has 0 saturated carbocycles. The first-order valence-corrected chi connectivity index (χ1v) is 6.54. The number of nitro benzene ring substituents is 1. The quantitative estimate of drug-likeness (QED) is 0.444. The van der Waals surface area contributed by atoms with Gasteiger partial charge in [0.2, 0.25) is 0 Å². The van der Waals surface area contributed by atoms with Gasteiger partial charge in [0.1, 0.15) is 0 Å². The van der Waals surface area contributed by atoms with Crippen molar-refractivity contribution in [3.8, 4) is 0 Å². The van der Waals surface area contributed by atoms with Crippen molar-refractivity contribution in [3.63, 3.8) is 0 Å². The highest BCUT2D eigenvalue weighted by Gasteiger charge is 2.10. The fourth-order valence-electron chi connectivity index (χ4n) is 1.42. The lowest BCUT2D eigenvalue weighted by atomic mass is 10.2. The number of aliphatic hydroxyl groups is 1. The van der Waals surface area contributed by atoms with Gasteiger partial charge in [-0.1, -0.05) is 0 Å². The zero-order valence-electron chi connectivity index (χ0n) is 9.68. The van der Waals surface area contributed by atoms with Gasteiger partial charge in [0.15, 0.2) is 0 Å². The molecule has 0 aliphatic heterocycles. The largest absolute Gasteiger partial charge is 0.396 e. The maximum absolute atomic E-state index is 10.7. The summed E-state index contributed by atoms with van der Waals surface area (Å²) in [7, 11) is 0. The maximum atomic E-state index is 10.7. The van der Waals surface area contributed by atoms with E-state index in [1.165, 1.54) is 6.07 Å². The van der Waals surface area contributed by atoms with Crippen LogP contribution in [0, 0.1) is 10.1 Å². The Morgan fingerprint density at radius 1 is 1.53 bits per heavy atom. The van der Waals surface area contributed by atoms with Crippen LogP contribution in [0.1, 0.15) is 12.5 Å². The molecule has 2 N–H and O–H groups in total. The molecule has 0 saturated heterocycles. The van der Waals surface area contributed by atoms with Crippen LogP contribution in [0.2, 0.25) is 0 Å². The Labute approximate surface area is 104 Å². The highest BCUT2D eigenvalue weighted by molar-refractivity contribution is 7.98. The summed E-state index contributed by atoms with van der Waals surface area (Å²) >= 11 is 1.55. The third-order valence-electron chi connectivity index (χ3n) is 2.16. The number of nitrogens with zero attached hydrogens (tertiary/aromatic N) is 1. The van der Waals surface area contributed by atoms with E-state index in [-0.39, 0.29) is 12.3 Å². The number of hydrogen-bond acceptors (Lipinski definition) is 5. The number of nitro groups is 1. The summed E-state index contributed by atoms with van der Waals surface area (Å²) in [6.07, 6.45) is 0. The summed E-state index contributed by atoms with van der Waals surface area (Å²) in [6.45, 7) is 2.87. The SMILES string of the molecule is CCNc1ccc([N+](=O)[O-])cc1CSCCO. The summed E-state index contributed by atoms with van der Waals surface area (Å²) in [6, 6.07) is 4.82. The molecule has 5 nitrogen and oxygen atoms in total. The zero-order valence-corrected chi connectivity index (χ0v) is 10.5. The van der Waals surface area contributed by atoms with Crippen molar-refractivity contribution in [2.45, 2.75) is 12.7 Å². The first-order chi connectivity index (χ1) is 8.19. The molecule has 0 unspecified atom stereocenters. The average Bonchev–Trinajstić information content (AvgIpc) is 2.31. The van der Waals surface area contributed by atoms with Crippen LogP contribution in [0.25, 0.3) is 0 Å². The first kappa shape index (κ1) is 13.8. The number of anilines is 1. The number of hydrogen-bond donors (Lipinski definition) is 2. The lowest BCUT2D eigenvalue weighted by molar-refractivity contribution is -0.384. The molecule has 1 aromatic carbocycles. The van der Waals surface area contributed by atoms with Gasteiger partial charge in [-0.25, -0.2) is 0 Å². The normalized spacial score (nSPS) is 10.2. The van der Waals surface area contributed by atoms with E-state index < -0.39 is 4.92 Å². The molecule has 1 aromatic rings. The predicted molar refractivity (Wildman–Crippen MR) is 70.5 cm³/mol. The van der Waals surface area contributed by atoms with Gasteiger partial charge in [-0.2, -0.15) is 11.8 Å². The lowest BCUT2D eigenvalue weighted by Crippen LogP contribution is -2.01. The van der Waals surface area contributed by atoms with Crippen LogP contribution in [0.5, 0.6) is 0 Å². The fourth-order valence-corrected chi connectivity index (χ4v) is 2.15. The van der Waals surface area contributed by atoms with E-state index in [9.17, 15) is 10.1 Å². The highest BCUT2D eigenvalue weighted by Crippen LogP contribution is 2.25. The van der Waals surface area contributed by atoms with E-state index in [1.54, 1.807) is 23.9 Å². The van der Waals surface area contributed by atoms with Crippen molar-refractivity contribution in [1.29, 1.82) is 0 Å². The van der Waals surface area contributed by atoms with Crippen molar-refractivity contribution >= 4 is 23.1 Å². The second kappa shape index (κ2) is 7.13. The monoisotopic (exact) mass is 256 g/mol. The molecule has 6 heteroatoms. The molecule has 0 aliphatic rings. The van der Waals surface area contributed by atoms with E-state index in [2.05, 4.69) is 5.32 Å². The zero-order chi connectivity index (χ0) is 12.7. The Hall–Kier alpha value is -1.27. The molecule has 1 rings (SSSR count). The van der Waals surface area contributed by atoms with Crippen LogP contribution >= 0.6 is 11.8 Å². The third-order valence-corrected chi connectivity index (χ3v) is 3.15. The van der Waals surface area contributed by atoms with Crippen LogP contribution in [0.4, 0.5) is 11.4 Å². The summed E-state index contributed by atoms with van der Waals surface area (Å²) in [5.74, 6) is 1.29. The molecule has 0 radical (unpaired) electrons. The molecule has 0 bridgehead atoms. The predicted octanol–water partition coefficient (Wildman–Crippen LogP) is 2.25. The standard InChI is InChI=1S/C11H16N2O3S/c1-2-12-11-4-3-10(13(15)16)7-9(11)8-17-6-5-14/h3-4,7,12,14H,2,5-6,8H2,1H3. The topological polar surface area (TPSA) is 75.4 Å². The van der Waals surface area contributed by atoms with Gasteiger partial charge in [-0.05, 0) is 18.6 Å². The number of non-ortho nitro benzene ring substituents is 1. The minimum Gasteiger partial charge on any atom is -0.396 e. The van der Waals surface area contributed by atoms with Gasteiger partial charge in [0.25, 0.3) is 5.69 Å². The van der Waals surface area contributed by atoms with Gasteiger partial charge >= 0.3 is 0 Å². The molecule has 0 amide bonds. The smallest absolute Gasteiger partial charge is 0.269 e. The minimum atomic E-state index is -0.393. The summed E-state index contributed by atoms with van der Waals surface area (Å²) < 4.78 is 0. The van der Waals surface area contributed by atoms with Crippen molar-refractivity contribution in [2.24, 2.45) is 0 Å². The molecule has 17 heavy (non-hydrogen) atoms. The highest BCUT2D eigenvalue weighted by atomic mass is 32.2. The van der Waals surface area contributed by atoms with Crippen LogP contribution < -0.4 is 5.32 Å². The Kier molecular flexibility index (Phi) is 5.79. The van der Waals surface area contributed by atoms with Gasteiger partial charge in [-0.15, -0.1) is 0 Å². The second-order valence-electron chi connectivity index (χ2n) is 3.41. The summed E-state index contributed by atoms with van der Waals surface area (Å²) in [4.78, 5) is 10.3. The molecule has 0 heterocycles. The minimum absolute atomic E-state index is 0.103. The van der Waals surface area contributed by atoms with Crippen LogP contribution in [0.3, 0.4) is 0 Å². The van der Waals surface area contributed by atoms with Gasteiger partial charge in [-0.3, -0.25) is 10.1 Å². The van der Waals surface area contributed by atoms with E-state index in [1.807, 2.05) is 6.92 Å². The van der Waals surface area contributed by atoms with Gasteiger partial charge < -0.3 is 10.4 Å². The Morgan fingerprint density at radius 3 is 2.88 bits per heavy atom. The fraction of sp³-hybridized carbons (Fsp3) is 0.455. The van der Waals surface area contributed by atoms with Crippen LogP contribution in [0.15, 0.2) is 18.2 Å². The molecule has 0 spiro atoms. The molecular formula is C11H16N2O3S. The number of rotatable bonds is 7. The van der Waals surface area contributed by atoms with Crippen LogP contribution in [-0.2, 0) is 5.75 Å². The van der Waals surface area contributed by atoms with E-state index in [0.29, 0.717) is 11.5 Å². The van der Waals surface area contributed by atoms with Gasteiger partial charge in [0, 0.05) is 35.9 Å².